The summed E-state index contributed by atoms with van der Waals surface area (Å²) in [6, 6.07) is 10.4. The van der Waals surface area contributed by atoms with Crippen molar-refractivity contribution in [2.24, 2.45) is 0 Å². The Kier molecular flexibility index (Phi) is 6.25. The Morgan fingerprint density at radius 1 is 1.07 bits per heavy atom. The molecule has 1 heterocycles. The van der Waals surface area contributed by atoms with Crippen molar-refractivity contribution < 1.29 is 23.2 Å². The van der Waals surface area contributed by atoms with E-state index < -0.39 is 23.4 Å². The zero-order valence-corrected chi connectivity index (χ0v) is 15.5. The van der Waals surface area contributed by atoms with Crippen LogP contribution in [-0.4, -0.2) is 36.6 Å². The minimum Gasteiger partial charge on any atom is -0.347 e. The van der Waals surface area contributed by atoms with Gasteiger partial charge in [0.25, 0.3) is 0 Å². The first-order chi connectivity index (χ1) is 13.4. The molecule has 6 nitrogen and oxygen atoms in total. The molecule has 2 aromatic rings. The van der Waals surface area contributed by atoms with Gasteiger partial charge in [0.15, 0.2) is 11.6 Å². The first-order valence-corrected chi connectivity index (χ1v) is 9.46. The van der Waals surface area contributed by atoms with Crippen molar-refractivity contribution >= 4 is 40.9 Å². The normalized spacial score (nSPS) is 13.1. The molecule has 3 amide bonds. The average Bonchev–Trinajstić information content (AvgIpc) is 2.68. The maximum Gasteiger partial charge on any atom is 0.243 e. The van der Waals surface area contributed by atoms with Gasteiger partial charge in [-0.2, -0.15) is 0 Å². The highest BCUT2D eigenvalue weighted by atomic mass is 32.2. The second kappa shape index (κ2) is 8.83. The molecule has 9 heteroatoms. The van der Waals surface area contributed by atoms with Gasteiger partial charge < -0.3 is 15.5 Å². The quantitative estimate of drug-likeness (QED) is 0.774. The van der Waals surface area contributed by atoms with E-state index in [1.807, 2.05) is 24.3 Å². The van der Waals surface area contributed by atoms with Gasteiger partial charge in [0, 0.05) is 29.6 Å². The summed E-state index contributed by atoms with van der Waals surface area (Å²) in [7, 11) is 0. The average molecular weight is 405 g/mol. The third kappa shape index (κ3) is 4.86. The summed E-state index contributed by atoms with van der Waals surface area (Å²) >= 11 is 1.46. The molecule has 0 spiro atoms. The Morgan fingerprint density at radius 3 is 2.64 bits per heavy atom. The number of carbonyl (C=O) groups is 3. The molecular formula is C19H17F2N3O3S. The SMILES string of the molecule is O=C(CCN1C(=O)CSc2ccccc21)NCC(=O)Nc1ccc(F)c(F)c1. The summed E-state index contributed by atoms with van der Waals surface area (Å²) in [6.45, 7) is -0.120. The minimum atomic E-state index is -1.08. The lowest BCUT2D eigenvalue weighted by Crippen LogP contribution is -2.39. The topological polar surface area (TPSA) is 78.5 Å². The molecule has 0 fully saturated rings. The van der Waals surface area contributed by atoms with Crippen molar-refractivity contribution in [3.8, 4) is 0 Å². The highest BCUT2D eigenvalue weighted by Crippen LogP contribution is 2.34. The maximum atomic E-state index is 13.1. The molecular weight excluding hydrogens is 388 g/mol. The van der Waals surface area contributed by atoms with Crippen LogP contribution in [0.1, 0.15) is 6.42 Å². The van der Waals surface area contributed by atoms with E-state index in [4.69, 9.17) is 0 Å². The standard InChI is InChI=1S/C19H17F2N3O3S/c20-13-6-5-12(9-14(13)21)23-18(26)10-22-17(25)7-8-24-15-3-1-2-4-16(15)28-11-19(24)27/h1-6,9H,7-8,10-11H2,(H,22,25)(H,23,26). The van der Waals surface area contributed by atoms with E-state index >= 15 is 0 Å². The lowest BCUT2D eigenvalue weighted by molar-refractivity contribution is -0.124. The van der Waals surface area contributed by atoms with Crippen molar-refractivity contribution in [2.45, 2.75) is 11.3 Å². The largest absolute Gasteiger partial charge is 0.347 e. The van der Waals surface area contributed by atoms with E-state index in [1.54, 1.807) is 4.90 Å². The number of fused-ring (bicyclic) bond motifs is 1. The summed E-state index contributed by atoms with van der Waals surface area (Å²) in [5.41, 5.74) is 0.860. The number of para-hydroxylation sites is 1. The van der Waals surface area contributed by atoms with Crippen molar-refractivity contribution in [1.82, 2.24) is 5.32 Å². The number of amides is 3. The Hall–Kier alpha value is -2.94. The molecule has 1 aliphatic rings. The molecule has 0 saturated carbocycles. The molecule has 0 saturated heterocycles. The number of benzene rings is 2. The second-order valence-corrected chi connectivity index (χ2v) is 7.02. The van der Waals surface area contributed by atoms with Crippen molar-refractivity contribution in [3.63, 3.8) is 0 Å². The lowest BCUT2D eigenvalue weighted by Gasteiger charge is -2.28. The van der Waals surface area contributed by atoms with Crippen LogP contribution < -0.4 is 15.5 Å². The fraction of sp³-hybridized carbons (Fsp3) is 0.211. The van der Waals surface area contributed by atoms with Crippen molar-refractivity contribution in [2.75, 3.05) is 29.1 Å². The number of thioether (sulfide) groups is 1. The molecule has 146 valence electrons. The highest BCUT2D eigenvalue weighted by molar-refractivity contribution is 8.00. The number of nitrogens with one attached hydrogen (secondary N) is 2. The van der Waals surface area contributed by atoms with Crippen LogP contribution in [-0.2, 0) is 14.4 Å². The van der Waals surface area contributed by atoms with E-state index in [9.17, 15) is 23.2 Å². The van der Waals surface area contributed by atoms with Crippen LogP contribution in [0.2, 0.25) is 0 Å². The van der Waals surface area contributed by atoms with Gasteiger partial charge in [-0.1, -0.05) is 12.1 Å². The number of hydrogen-bond acceptors (Lipinski definition) is 4. The van der Waals surface area contributed by atoms with Crippen LogP contribution in [0.3, 0.4) is 0 Å². The molecule has 0 bridgehead atoms. The Bertz CT molecular complexity index is 923. The Labute approximate surface area is 164 Å². The number of rotatable bonds is 6. The molecule has 0 aliphatic carbocycles. The van der Waals surface area contributed by atoms with Gasteiger partial charge >= 0.3 is 0 Å². The van der Waals surface area contributed by atoms with Gasteiger partial charge in [-0.05, 0) is 24.3 Å². The van der Waals surface area contributed by atoms with Gasteiger partial charge in [-0.3, -0.25) is 14.4 Å². The Balaban J connectivity index is 1.47. The molecule has 0 aromatic heterocycles. The van der Waals surface area contributed by atoms with Gasteiger partial charge in [0.2, 0.25) is 17.7 Å². The molecule has 0 radical (unpaired) electrons. The van der Waals surface area contributed by atoms with Crippen LogP contribution >= 0.6 is 11.8 Å². The number of nitrogens with zero attached hydrogens (tertiary/aromatic N) is 1. The third-order valence-electron chi connectivity index (χ3n) is 4.02. The van der Waals surface area contributed by atoms with E-state index in [2.05, 4.69) is 10.6 Å². The minimum absolute atomic E-state index is 0.0309. The van der Waals surface area contributed by atoms with Gasteiger partial charge in [0.1, 0.15) is 0 Å². The lowest BCUT2D eigenvalue weighted by atomic mass is 10.2. The van der Waals surface area contributed by atoms with Gasteiger partial charge in [0.05, 0.1) is 18.0 Å². The zero-order chi connectivity index (χ0) is 20.1. The molecule has 0 atom stereocenters. The molecule has 2 N–H and O–H groups in total. The predicted octanol–water partition coefficient (Wildman–Crippen LogP) is 2.55. The van der Waals surface area contributed by atoms with Crippen LogP contribution in [0, 0.1) is 11.6 Å². The highest BCUT2D eigenvalue weighted by Gasteiger charge is 2.24. The number of halogens is 2. The Morgan fingerprint density at radius 2 is 1.86 bits per heavy atom. The van der Waals surface area contributed by atoms with Gasteiger partial charge in [-0.25, -0.2) is 8.78 Å². The zero-order valence-electron chi connectivity index (χ0n) is 14.7. The summed E-state index contributed by atoms with van der Waals surface area (Å²) in [6.07, 6.45) is 0.0309. The fourth-order valence-corrected chi connectivity index (χ4v) is 3.59. The van der Waals surface area contributed by atoms with E-state index in [-0.39, 0.29) is 31.1 Å². The number of hydrogen-bond donors (Lipinski definition) is 2. The molecule has 3 rings (SSSR count). The molecule has 0 unspecified atom stereocenters. The first kappa shape index (κ1) is 19.8. The summed E-state index contributed by atoms with van der Waals surface area (Å²) in [5, 5.41) is 4.81. The second-order valence-electron chi connectivity index (χ2n) is 6.01. The monoisotopic (exact) mass is 405 g/mol. The van der Waals surface area contributed by atoms with Crippen LogP contribution in [0.15, 0.2) is 47.4 Å². The number of carbonyl (C=O) groups excluding carboxylic acids is 3. The first-order valence-electron chi connectivity index (χ1n) is 8.48. The van der Waals surface area contributed by atoms with E-state index in [0.29, 0.717) is 5.75 Å². The van der Waals surface area contributed by atoms with E-state index in [1.165, 1.54) is 17.8 Å². The smallest absolute Gasteiger partial charge is 0.243 e. The number of anilines is 2. The van der Waals surface area contributed by atoms with Crippen LogP contribution in [0.5, 0.6) is 0 Å². The van der Waals surface area contributed by atoms with Crippen molar-refractivity contribution in [3.05, 3.63) is 54.1 Å². The molecule has 2 aromatic carbocycles. The summed E-state index contributed by atoms with van der Waals surface area (Å²) < 4.78 is 26.0. The summed E-state index contributed by atoms with van der Waals surface area (Å²) in [4.78, 5) is 38.5. The van der Waals surface area contributed by atoms with Crippen LogP contribution in [0.25, 0.3) is 0 Å². The van der Waals surface area contributed by atoms with Crippen LogP contribution in [0.4, 0.5) is 20.2 Å². The predicted molar refractivity (Wildman–Crippen MR) is 102 cm³/mol. The van der Waals surface area contributed by atoms with Gasteiger partial charge in [-0.15, -0.1) is 11.8 Å². The maximum absolute atomic E-state index is 13.1. The van der Waals surface area contributed by atoms with E-state index in [0.717, 1.165) is 22.7 Å². The molecule has 28 heavy (non-hydrogen) atoms. The summed E-state index contributed by atoms with van der Waals surface area (Å²) in [5.74, 6) is -2.83. The molecule has 1 aliphatic heterocycles. The third-order valence-corrected chi connectivity index (χ3v) is 5.07. The fourth-order valence-electron chi connectivity index (χ4n) is 2.66. The van der Waals surface area contributed by atoms with Crippen molar-refractivity contribution in [1.29, 1.82) is 0 Å².